The molecular weight excluding hydrogens is 280 g/mol. The molecule has 0 spiro atoms. The third-order valence-electron chi connectivity index (χ3n) is 2.36. The first kappa shape index (κ1) is 12.3. The van der Waals surface area contributed by atoms with Gasteiger partial charge in [0.25, 0.3) is 5.95 Å². The van der Waals surface area contributed by atoms with Crippen molar-refractivity contribution >= 4 is 23.2 Å². The zero-order valence-corrected chi connectivity index (χ0v) is 11.0. The molecule has 0 saturated carbocycles. The lowest BCUT2D eigenvalue weighted by atomic mass is 10.5. The smallest absolute Gasteiger partial charge is 0.304 e. The second-order valence-electron chi connectivity index (χ2n) is 3.79. The summed E-state index contributed by atoms with van der Waals surface area (Å²) in [6, 6.07) is 1.75. The lowest BCUT2D eigenvalue weighted by molar-refractivity contribution is 0.798. The van der Waals surface area contributed by atoms with E-state index in [9.17, 15) is 4.79 Å². The fourth-order valence-electron chi connectivity index (χ4n) is 1.52. The number of hydrogen-bond acceptors (Lipinski definition) is 8. The van der Waals surface area contributed by atoms with Crippen LogP contribution in [-0.2, 0) is 6.54 Å². The summed E-state index contributed by atoms with van der Waals surface area (Å²) in [5, 5.41) is 8.73. The number of nitrogens with two attached hydrogens (primary N) is 1. The molecule has 0 bridgehead atoms. The summed E-state index contributed by atoms with van der Waals surface area (Å²) >= 11 is 1.10. The Balaban J connectivity index is 1.81. The molecule has 0 unspecified atom stereocenters. The van der Waals surface area contributed by atoms with Crippen molar-refractivity contribution in [1.82, 2.24) is 29.7 Å². The molecule has 10 heteroatoms. The maximum atomic E-state index is 11.0. The van der Waals surface area contributed by atoms with Crippen LogP contribution < -0.4 is 15.9 Å². The fraction of sp³-hybridized carbons (Fsp3) is 0.100. The first-order valence-corrected chi connectivity index (χ1v) is 6.51. The van der Waals surface area contributed by atoms with Crippen molar-refractivity contribution in [2.75, 3.05) is 11.1 Å². The van der Waals surface area contributed by atoms with E-state index in [2.05, 4.69) is 30.4 Å². The Morgan fingerprint density at radius 2 is 2.30 bits per heavy atom. The normalized spacial score (nSPS) is 10.6. The molecule has 3 rings (SSSR count). The molecule has 0 aromatic carbocycles. The van der Waals surface area contributed by atoms with E-state index < -0.39 is 0 Å². The average Bonchev–Trinajstić information content (AvgIpc) is 3.07. The molecule has 0 aliphatic carbocycles. The molecule has 3 aromatic heterocycles. The Labute approximate surface area is 116 Å². The van der Waals surface area contributed by atoms with Gasteiger partial charge in [0.05, 0.1) is 6.54 Å². The van der Waals surface area contributed by atoms with Gasteiger partial charge in [0.1, 0.15) is 0 Å². The summed E-state index contributed by atoms with van der Waals surface area (Å²) in [7, 11) is 0. The average molecular weight is 290 g/mol. The van der Waals surface area contributed by atoms with Gasteiger partial charge in [-0.3, -0.25) is 4.79 Å². The third kappa shape index (κ3) is 2.64. The van der Waals surface area contributed by atoms with E-state index in [0.717, 1.165) is 17.0 Å². The Hall–Kier alpha value is -2.75. The Morgan fingerprint density at radius 3 is 3.00 bits per heavy atom. The van der Waals surface area contributed by atoms with Crippen LogP contribution in [0.15, 0.2) is 28.6 Å². The highest BCUT2D eigenvalue weighted by molar-refractivity contribution is 7.07. The topological polar surface area (TPSA) is 127 Å². The first-order valence-electron chi connectivity index (χ1n) is 5.63. The summed E-state index contributed by atoms with van der Waals surface area (Å²) in [5.41, 5.74) is 6.39. The number of aromatic amines is 1. The number of nitrogen functional groups attached to an aromatic ring is 1. The number of anilines is 2. The lowest BCUT2D eigenvalue weighted by Crippen LogP contribution is -2.12. The summed E-state index contributed by atoms with van der Waals surface area (Å²) in [6.45, 7) is 0.390. The molecule has 0 saturated heterocycles. The van der Waals surface area contributed by atoms with Gasteiger partial charge in [-0.2, -0.15) is 20.1 Å². The van der Waals surface area contributed by atoms with E-state index in [1.807, 2.05) is 0 Å². The minimum atomic E-state index is -0.103. The predicted octanol–water partition coefficient (Wildman–Crippen LogP) is 0.00140. The summed E-state index contributed by atoms with van der Waals surface area (Å²) in [5.74, 6) is 0.727. The number of rotatable bonds is 4. The molecule has 102 valence electrons. The molecule has 3 heterocycles. The van der Waals surface area contributed by atoms with Gasteiger partial charge in [-0.15, -0.1) is 0 Å². The van der Waals surface area contributed by atoms with E-state index in [4.69, 9.17) is 5.73 Å². The van der Waals surface area contributed by atoms with Gasteiger partial charge in [0.2, 0.25) is 11.9 Å². The van der Waals surface area contributed by atoms with Gasteiger partial charge in [0.15, 0.2) is 0 Å². The van der Waals surface area contributed by atoms with Crippen molar-refractivity contribution in [3.8, 4) is 5.95 Å². The number of aromatic nitrogens is 6. The van der Waals surface area contributed by atoms with Crippen molar-refractivity contribution in [3.63, 3.8) is 0 Å². The Morgan fingerprint density at radius 1 is 1.40 bits per heavy atom. The predicted molar refractivity (Wildman–Crippen MR) is 73.6 cm³/mol. The van der Waals surface area contributed by atoms with Crippen molar-refractivity contribution in [1.29, 1.82) is 0 Å². The van der Waals surface area contributed by atoms with E-state index >= 15 is 0 Å². The van der Waals surface area contributed by atoms with Crippen LogP contribution in [0.3, 0.4) is 0 Å². The first-order chi connectivity index (χ1) is 9.70. The van der Waals surface area contributed by atoms with E-state index in [1.54, 1.807) is 23.8 Å². The number of nitrogens with zero attached hydrogens (tertiary/aromatic N) is 5. The van der Waals surface area contributed by atoms with Crippen LogP contribution in [-0.4, -0.2) is 29.7 Å². The SMILES string of the molecule is Nc1nc(NCc2csc(=O)[nH]2)nc(-n2cccn2)n1. The van der Waals surface area contributed by atoms with Gasteiger partial charge in [-0.1, -0.05) is 11.3 Å². The Kier molecular flexibility index (Phi) is 3.13. The number of hydrogen-bond donors (Lipinski definition) is 3. The minimum Gasteiger partial charge on any atom is -0.368 e. The fourth-order valence-corrected chi connectivity index (χ4v) is 2.11. The molecule has 20 heavy (non-hydrogen) atoms. The van der Waals surface area contributed by atoms with Crippen LogP contribution in [0.1, 0.15) is 5.69 Å². The van der Waals surface area contributed by atoms with Crippen LogP contribution >= 0.6 is 11.3 Å². The second-order valence-corrected chi connectivity index (χ2v) is 4.64. The maximum Gasteiger partial charge on any atom is 0.304 e. The molecule has 0 aliphatic rings. The number of H-pyrrole nitrogens is 1. The zero-order valence-electron chi connectivity index (χ0n) is 10.1. The van der Waals surface area contributed by atoms with Crippen LogP contribution in [0, 0.1) is 0 Å². The van der Waals surface area contributed by atoms with Gasteiger partial charge >= 0.3 is 4.87 Å². The van der Waals surface area contributed by atoms with E-state index in [0.29, 0.717) is 18.4 Å². The van der Waals surface area contributed by atoms with Crippen molar-refractivity contribution in [2.45, 2.75) is 6.54 Å². The monoisotopic (exact) mass is 290 g/mol. The van der Waals surface area contributed by atoms with E-state index in [1.165, 1.54) is 4.68 Å². The largest absolute Gasteiger partial charge is 0.368 e. The number of nitrogens with one attached hydrogen (secondary N) is 2. The number of thiazole rings is 1. The van der Waals surface area contributed by atoms with E-state index in [-0.39, 0.29) is 10.8 Å². The van der Waals surface area contributed by atoms with Crippen LogP contribution in [0.2, 0.25) is 0 Å². The highest BCUT2D eigenvalue weighted by Crippen LogP contribution is 2.07. The van der Waals surface area contributed by atoms with Crippen LogP contribution in [0.25, 0.3) is 5.95 Å². The molecule has 0 fully saturated rings. The molecule has 0 radical (unpaired) electrons. The third-order valence-corrected chi connectivity index (χ3v) is 3.08. The van der Waals surface area contributed by atoms with Gasteiger partial charge < -0.3 is 16.0 Å². The molecule has 0 amide bonds. The van der Waals surface area contributed by atoms with Gasteiger partial charge in [0, 0.05) is 23.5 Å². The highest BCUT2D eigenvalue weighted by atomic mass is 32.1. The molecule has 3 aromatic rings. The quantitative estimate of drug-likeness (QED) is 0.617. The second kappa shape index (κ2) is 5.09. The minimum absolute atomic E-state index is 0.0896. The molecular formula is C10H10N8OS. The molecule has 0 atom stereocenters. The van der Waals surface area contributed by atoms with Gasteiger partial charge in [-0.05, 0) is 6.07 Å². The summed E-state index contributed by atoms with van der Waals surface area (Å²) in [6.07, 6.45) is 3.32. The molecule has 0 aliphatic heterocycles. The standard InChI is InChI=1S/C10H10N8OS/c11-7-15-8(12-4-6-5-20-10(19)14-6)17-9(16-7)18-3-1-2-13-18/h1-3,5H,4H2,(H,14,19)(H3,11,12,15,16,17). The highest BCUT2D eigenvalue weighted by Gasteiger charge is 2.06. The van der Waals surface area contributed by atoms with Crippen molar-refractivity contribution in [3.05, 3.63) is 39.2 Å². The summed E-state index contributed by atoms with van der Waals surface area (Å²) in [4.78, 5) is 25.8. The Bertz CT molecular complexity index is 762. The van der Waals surface area contributed by atoms with Crippen LogP contribution in [0.4, 0.5) is 11.9 Å². The van der Waals surface area contributed by atoms with Crippen LogP contribution in [0.5, 0.6) is 0 Å². The molecule has 9 nitrogen and oxygen atoms in total. The molecule has 4 N–H and O–H groups in total. The zero-order chi connectivity index (χ0) is 13.9. The van der Waals surface area contributed by atoms with Gasteiger partial charge in [-0.25, -0.2) is 4.68 Å². The van der Waals surface area contributed by atoms with Crippen molar-refractivity contribution in [2.24, 2.45) is 0 Å². The maximum absolute atomic E-state index is 11.0. The summed E-state index contributed by atoms with van der Waals surface area (Å²) < 4.78 is 1.48. The lowest BCUT2D eigenvalue weighted by Gasteiger charge is -2.06. The van der Waals surface area contributed by atoms with Crippen molar-refractivity contribution < 1.29 is 0 Å².